The van der Waals surface area contributed by atoms with Gasteiger partial charge in [0, 0.05) is 140 Å². The molecule has 0 bridgehead atoms. The smallest absolute Gasteiger partial charge is 0.212 e. The highest BCUT2D eigenvalue weighted by Gasteiger charge is 2.40. The SMILES string of the molecule is CCC(C)(C)c1cc(-c2ccc(C)cc2C)[n+](C)cc1C(C)(CC)CC.CCC(C)(C)c1cc(-c2ccccc2C)[n+](C)cc1C(C)(C)CC.Cc1ccccc1N1C=CN(C)C1C.Cc1ccccc1N1c2ccccc2N(C)C1C.[2H]C([2H])([2H])N1C=CN(c2ccccc2C)C1C.[2H]C([2H])([2H])N1c2ccccc2N(c2ccccc2C)C1C.[2H]C([2H])([2H])c1ccc(-c2cc(C(C)(C)CC)c(C(C)(CC)CC)c[n+]2C)c(C)c1. The molecule has 0 amide bonds. The maximum absolute atomic E-state index is 7.83. The quantitative estimate of drug-likeness (QED) is 0.0659. The maximum atomic E-state index is 7.83. The Kier molecular flexibility index (Phi) is 32.5. The predicted molar refractivity (Wildman–Crippen MR) is 607 cm³/mol. The summed E-state index contributed by atoms with van der Waals surface area (Å²) in [7, 11) is 10.7. The molecule has 4 atom stereocenters. The second kappa shape index (κ2) is 46.8. The zero-order valence-corrected chi connectivity index (χ0v) is 92.3. The first-order chi connectivity index (χ1) is 69.7. The number of para-hydroxylation sites is 8. The van der Waals surface area contributed by atoms with Crippen molar-refractivity contribution in [2.24, 2.45) is 21.1 Å². The summed E-state index contributed by atoms with van der Waals surface area (Å²) in [6.45, 7) is 61.0. The highest BCUT2D eigenvalue weighted by molar-refractivity contribution is 5.86. The van der Waals surface area contributed by atoms with Gasteiger partial charge < -0.3 is 39.2 Å². The molecule has 140 heavy (non-hydrogen) atoms. The average Bonchev–Trinajstić information content (AvgIpc) is 1.69. The van der Waals surface area contributed by atoms with Crippen LogP contribution in [0, 0.1) is 62.2 Å². The lowest BCUT2D eigenvalue weighted by Crippen LogP contribution is -2.37. The molecule has 0 radical (unpaired) electrons. The van der Waals surface area contributed by atoms with Crippen molar-refractivity contribution in [1.82, 2.24) is 9.80 Å². The highest BCUT2D eigenvalue weighted by atomic mass is 15.4. The Morgan fingerprint density at radius 3 is 0.900 bits per heavy atom. The van der Waals surface area contributed by atoms with Crippen LogP contribution in [0.2, 0.25) is 0 Å². The molecule has 746 valence electrons. The number of pyridine rings is 3. The van der Waals surface area contributed by atoms with E-state index in [1.54, 1.807) is 12.3 Å². The normalized spacial score (nSPS) is 16.8. The van der Waals surface area contributed by atoms with Crippen LogP contribution in [0.25, 0.3) is 33.8 Å². The zero-order valence-electron chi connectivity index (χ0n) is 101. The highest BCUT2D eigenvalue weighted by Crippen LogP contribution is 2.49. The van der Waals surface area contributed by atoms with Crippen molar-refractivity contribution in [3.8, 4) is 33.8 Å². The Hall–Kier alpha value is -11.7. The Bertz CT molecular complexity index is 6610. The predicted octanol–water partition coefficient (Wildman–Crippen LogP) is 32.0. The molecular weight excluding hydrogens is 1700 g/mol. The van der Waals surface area contributed by atoms with Crippen LogP contribution in [-0.4, -0.2) is 62.5 Å². The van der Waals surface area contributed by atoms with Crippen LogP contribution in [0.15, 0.2) is 268 Å². The third-order valence-electron chi connectivity index (χ3n) is 32.1. The van der Waals surface area contributed by atoms with E-state index < -0.39 is 20.8 Å². The molecule has 4 aliphatic heterocycles. The molecule has 16 rings (SSSR count). The number of anilines is 8. The van der Waals surface area contributed by atoms with Gasteiger partial charge in [0.25, 0.3) is 0 Å². The second-order valence-corrected chi connectivity index (χ2v) is 42.8. The van der Waals surface area contributed by atoms with Crippen LogP contribution in [0.1, 0.15) is 299 Å². The third-order valence-corrected chi connectivity index (χ3v) is 32.1. The number of aryl methyl sites for hydroxylation is 12. The fourth-order valence-electron chi connectivity index (χ4n) is 19.5. The van der Waals surface area contributed by atoms with Crippen LogP contribution in [0.5, 0.6) is 0 Å². The number of nitrogens with zero attached hydrogens (tertiary/aromatic N) is 11. The molecule has 0 fully saturated rings. The molecule has 4 aliphatic rings. The van der Waals surface area contributed by atoms with Crippen molar-refractivity contribution in [2.75, 3.05) is 57.4 Å². The van der Waals surface area contributed by atoms with Gasteiger partial charge in [-0.2, -0.15) is 0 Å². The van der Waals surface area contributed by atoms with Crippen LogP contribution < -0.4 is 43.1 Å². The monoisotopic (exact) mass is 1890 g/mol. The second-order valence-electron chi connectivity index (χ2n) is 42.8. The molecule has 4 unspecified atom stereocenters. The number of aromatic nitrogens is 3. The van der Waals surface area contributed by atoms with Crippen LogP contribution in [0.3, 0.4) is 0 Å². The van der Waals surface area contributed by atoms with Crippen molar-refractivity contribution in [3.63, 3.8) is 0 Å². The Morgan fingerprint density at radius 1 is 0.271 bits per heavy atom. The molecule has 0 aliphatic carbocycles. The third kappa shape index (κ3) is 24.4. The van der Waals surface area contributed by atoms with Crippen molar-refractivity contribution in [2.45, 2.75) is 323 Å². The summed E-state index contributed by atoms with van der Waals surface area (Å²) in [5.41, 5.74) is 36.6. The Labute approximate surface area is 863 Å². The molecule has 0 saturated heterocycles. The number of rotatable bonds is 21. The first-order valence-electron chi connectivity index (χ1n) is 56.1. The van der Waals surface area contributed by atoms with Gasteiger partial charge >= 0.3 is 0 Å². The van der Waals surface area contributed by atoms with E-state index in [1.807, 2.05) is 131 Å². The summed E-state index contributed by atoms with van der Waals surface area (Å²) in [6.07, 6.45) is 24.1. The van der Waals surface area contributed by atoms with Gasteiger partial charge in [-0.05, 0) is 296 Å². The van der Waals surface area contributed by atoms with E-state index in [-0.39, 0.29) is 44.8 Å². The van der Waals surface area contributed by atoms with E-state index in [0.717, 1.165) is 89.2 Å². The molecule has 7 heterocycles. The van der Waals surface area contributed by atoms with Gasteiger partial charge in [0.15, 0.2) is 18.6 Å². The number of fused-ring (bicyclic) bond motifs is 2. The summed E-state index contributed by atoms with van der Waals surface area (Å²) in [4.78, 5) is 16.2. The minimum absolute atomic E-state index is 0.0660. The van der Waals surface area contributed by atoms with Crippen molar-refractivity contribution in [3.05, 3.63) is 351 Å². The summed E-state index contributed by atoms with van der Waals surface area (Å²) in [5.74, 6) is 0. The lowest BCUT2D eigenvalue weighted by Gasteiger charge is -2.34. The fourth-order valence-corrected chi connectivity index (χ4v) is 19.5. The first kappa shape index (κ1) is 97.1. The molecule has 9 aromatic carbocycles. The molecular formula is C129H178N11+3. The summed E-state index contributed by atoms with van der Waals surface area (Å²) >= 11 is 0. The number of benzene rings is 9. The van der Waals surface area contributed by atoms with E-state index in [0.29, 0.717) is 17.9 Å². The van der Waals surface area contributed by atoms with E-state index in [2.05, 4.69) is 411 Å². The minimum Gasteiger partial charge on any atom is -0.359 e. The first-order valence-corrected chi connectivity index (χ1v) is 51.6. The summed E-state index contributed by atoms with van der Waals surface area (Å²) in [5, 5.41) is 0. The van der Waals surface area contributed by atoms with E-state index in [9.17, 15) is 0 Å². The molecule has 12 aromatic rings. The largest absolute Gasteiger partial charge is 0.359 e. The lowest BCUT2D eigenvalue weighted by atomic mass is 9.70. The maximum Gasteiger partial charge on any atom is 0.212 e. The molecule has 11 nitrogen and oxygen atoms in total. The van der Waals surface area contributed by atoms with Gasteiger partial charge in [0.05, 0.1) is 22.7 Å². The summed E-state index contributed by atoms with van der Waals surface area (Å²) < 4.78 is 75.8. The molecule has 11 heteroatoms. The average molecular weight is 1890 g/mol. The van der Waals surface area contributed by atoms with Crippen LogP contribution >= 0.6 is 0 Å². The van der Waals surface area contributed by atoms with Gasteiger partial charge in [0.1, 0.15) is 45.8 Å². The molecule has 0 spiro atoms. The minimum atomic E-state index is -2.16. The molecule has 3 aromatic heterocycles. The van der Waals surface area contributed by atoms with Crippen molar-refractivity contribution in [1.29, 1.82) is 0 Å². The molecule has 0 N–H and O–H groups in total. The topological polar surface area (TPSA) is 37.6 Å². The Balaban J connectivity index is 0.000000179. The van der Waals surface area contributed by atoms with E-state index >= 15 is 0 Å². The van der Waals surface area contributed by atoms with Crippen molar-refractivity contribution < 1.29 is 26.0 Å². The Morgan fingerprint density at radius 2 is 0.564 bits per heavy atom. The zero-order chi connectivity index (χ0) is 111. The van der Waals surface area contributed by atoms with Crippen LogP contribution in [0.4, 0.5) is 45.5 Å². The van der Waals surface area contributed by atoms with Gasteiger partial charge in [-0.25, -0.2) is 13.7 Å². The van der Waals surface area contributed by atoms with E-state index in [4.69, 9.17) is 12.3 Å². The van der Waals surface area contributed by atoms with E-state index in [1.165, 1.54) is 129 Å². The lowest BCUT2D eigenvalue weighted by molar-refractivity contribution is -0.661. The number of hydrogen-bond donors (Lipinski definition) is 0. The number of hydrogen-bond acceptors (Lipinski definition) is 8. The van der Waals surface area contributed by atoms with Gasteiger partial charge in [-0.1, -0.05) is 275 Å². The van der Waals surface area contributed by atoms with Gasteiger partial charge in [0.2, 0.25) is 17.1 Å². The molecule has 0 saturated carbocycles. The fraction of sp³-hybridized carbons (Fsp3) is 0.434. The van der Waals surface area contributed by atoms with Gasteiger partial charge in [-0.15, -0.1) is 0 Å². The summed E-state index contributed by atoms with van der Waals surface area (Å²) in [6, 6.07) is 77.6. The van der Waals surface area contributed by atoms with Gasteiger partial charge in [-0.3, -0.25) is 0 Å². The van der Waals surface area contributed by atoms with Crippen molar-refractivity contribution >= 4 is 45.5 Å². The van der Waals surface area contributed by atoms with Crippen LogP contribution in [-0.2, 0) is 53.6 Å². The standard InChI is InChI=1S/2C25H38N.C23H34N.2C16H18N2.2C12H16N2/c2*1-10-24(6,7)21-16-23(20-14-13-18(4)15-19(20)5)26(9)17-22(21)25(8,11-2)12-3;1-9-22(4,5)19-15-21(18-14-12-11-13-17(18)3)24(8)16-20(19)23(6,7)10-2;2*1-12-8-4-5-9-14(12)18-13(2)17(3)15-10-6-7-11-16(15)18;2*1-10-6-4-5-7-12(10)14-9-8-13(3)11(14)2/h2*13-17H,10-12H2,1-9H3;11-16H,9-10H2,1-8H3;2*4-11,13H,1-3H3;2*4-9,11H,1-3H3/q3*+1;;;;/i4D3;;;3D3;;3D3;.